The molecule has 4 N–H and O–H groups in total. The summed E-state index contributed by atoms with van der Waals surface area (Å²) >= 11 is 0. The molecule has 0 aliphatic carbocycles. The number of carbonyl (C=O) groups excluding carboxylic acids is 2. The van der Waals surface area contributed by atoms with Gasteiger partial charge in [-0.2, -0.15) is 0 Å². The van der Waals surface area contributed by atoms with Crippen LogP contribution in [0.1, 0.15) is 32.1 Å². The molecule has 0 radical (unpaired) electrons. The molecule has 0 aliphatic rings. The highest BCUT2D eigenvalue weighted by atomic mass is 16.2. The maximum atomic E-state index is 11.6. The number of hydrogen-bond donors (Lipinski definition) is 3. The highest BCUT2D eigenvalue weighted by Crippen LogP contribution is 2.03. The molecule has 0 unspecified atom stereocenters. The molecule has 0 fully saturated rings. The lowest BCUT2D eigenvalue weighted by Crippen LogP contribution is -2.32. The third-order valence-corrected chi connectivity index (χ3v) is 2.75. The predicted molar refractivity (Wildman–Crippen MR) is 78.0 cm³/mol. The van der Waals surface area contributed by atoms with Crippen molar-refractivity contribution in [2.75, 3.05) is 18.4 Å². The van der Waals surface area contributed by atoms with E-state index in [4.69, 9.17) is 5.73 Å². The highest BCUT2D eigenvalue weighted by molar-refractivity contribution is 5.94. The lowest BCUT2D eigenvalue weighted by Gasteiger charge is -2.06. The molecule has 6 heteroatoms. The summed E-state index contributed by atoms with van der Waals surface area (Å²) in [5, 5.41) is 5.25. The fourth-order valence-electron chi connectivity index (χ4n) is 1.69. The number of nitrogens with one attached hydrogen (secondary N) is 2. The lowest BCUT2D eigenvalue weighted by atomic mass is 10.1. The number of hydrogen-bond acceptors (Lipinski definition) is 4. The lowest BCUT2D eigenvalue weighted by molar-refractivity contribution is -0.124. The van der Waals surface area contributed by atoms with Crippen LogP contribution >= 0.6 is 0 Å². The first-order chi connectivity index (χ1) is 9.72. The maximum absolute atomic E-state index is 11.6. The zero-order valence-electron chi connectivity index (χ0n) is 11.6. The Balaban J connectivity index is 2.10. The van der Waals surface area contributed by atoms with Crippen LogP contribution in [0.15, 0.2) is 24.5 Å². The van der Waals surface area contributed by atoms with Gasteiger partial charge in [-0.25, -0.2) is 0 Å². The van der Waals surface area contributed by atoms with Crippen LogP contribution in [0, 0.1) is 0 Å². The van der Waals surface area contributed by atoms with E-state index >= 15 is 0 Å². The first kappa shape index (κ1) is 16.1. The summed E-state index contributed by atoms with van der Waals surface area (Å²) < 4.78 is 0. The summed E-state index contributed by atoms with van der Waals surface area (Å²) in [5.41, 5.74) is 6.01. The number of carbonyl (C=O) groups is 2. The van der Waals surface area contributed by atoms with E-state index < -0.39 is 0 Å². The molecular weight excluding hydrogens is 256 g/mol. The molecule has 110 valence electrons. The van der Waals surface area contributed by atoms with E-state index in [2.05, 4.69) is 15.6 Å². The van der Waals surface area contributed by atoms with Crippen molar-refractivity contribution in [2.45, 2.75) is 32.1 Å². The van der Waals surface area contributed by atoms with E-state index in [1.807, 2.05) is 0 Å². The second kappa shape index (κ2) is 9.91. The van der Waals surface area contributed by atoms with E-state index in [-0.39, 0.29) is 18.4 Å². The van der Waals surface area contributed by atoms with Crippen LogP contribution in [-0.2, 0) is 9.59 Å². The normalized spacial score (nSPS) is 10.1. The van der Waals surface area contributed by atoms with Crippen molar-refractivity contribution in [1.29, 1.82) is 0 Å². The van der Waals surface area contributed by atoms with Gasteiger partial charge in [-0.15, -0.1) is 0 Å². The summed E-state index contributed by atoms with van der Waals surface area (Å²) in [4.78, 5) is 27.0. The van der Waals surface area contributed by atoms with Crippen LogP contribution in [-0.4, -0.2) is 29.9 Å². The minimum absolute atomic E-state index is 0.0173. The summed E-state index contributed by atoms with van der Waals surface area (Å²) in [7, 11) is 0. The van der Waals surface area contributed by atoms with Gasteiger partial charge in [0, 0.05) is 12.6 Å². The maximum Gasteiger partial charge on any atom is 0.243 e. The Hall–Kier alpha value is -1.95. The predicted octanol–water partition coefficient (Wildman–Crippen LogP) is 1.05. The Morgan fingerprint density at radius 3 is 2.65 bits per heavy atom. The van der Waals surface area contributed by atoms with Crippen molar-refractivity contribution in [3.63, 3.8) is 0 Å². The number of nitrogens with two attached hydrogens (primary N) is 1. The van der Waals surface area contributed by atoms with Crippen LogP contribution in [0.2, 0.25) is 0 Å². The fourth-order valence-corrected chi connectivity index (χ4v) is 1.69. The molecule has 1 aromatic heterocycles. The molecule has 1 heterocycles. The van der Waals surface area contributed by atoms with Gasteiger partial charge in [-0.1, -0.05) is 12.8 Å². The Labute approximate surface area is 119 Å². The largest absolute Gasteiger partial charge is 0.347 e. The van der Waals surface area contributed by atoms with Crippen molar-refractivity contribution in [3.8, 4) is 0 Å². The standard InChI is InChI=1S/C14H22N4O2/c15-8-4-2-1-3-7-13(19)17-11-14(20)18-12-6-5-9-16-10-12/h5-6,9-10H,1-4,7-8,11,15H2,(H,17,19)(H,18,20). The van der Waals surface area contributed by atoms with E-state index in [0.29, 0.717) is 18.7 Å². The topological polar surface area (TPSA) is 97.1 Å². The molecule has 0 aliphatic heterocycles. The Bertz CT molecular complexity index is 409. The van der Waals surface area contributed by atoms with Gasteiger partial charge in [0.2, 0.25) is 11.8 Å². The smallest absolute Gasteiger partial charge is 0.243 e. The highest BCUT2D eigenvalue weighted by Gasteiger charge is 2.05. The first-order valence-corrected chi connectivity index (χ1v) is 6.89. The van der Waals surface area contributed by atoms with Crippen LogP contribution < -0.4 is 16.4 Å². The number of amides is 2. The average Bonchev–Trinajstić information content (AvgIpc) is 2.46. The fraction of sp³-hybridized carbons (Fsp3) is 0.500. The van der Waals surface area contributed by atoms with Gasteiger partial charge in [0.15, 0.2) is 0 Å². The molecule has 0 atom stereocenters. The summed E-state index contributed by atoms with van der Waals surface area (Å²) in [6.07, 6.45) is 7.49. The summed E-state index contributed by atoms with van der Waals surface area (Å²) in [6, 6.07) is 3.47. The number of aromatic nitrogens is 1. The molecule has 20 heavy (non-hydrogen) atoms. The van der Waals surface area contributed by atoms with E-state index in [9.17, 15) is 9.59 Å². The Morgan fingerprint density at radius 1 is 1.15 bits per heavy atom. The molecule has 0 bridgehead atoms. The van der Waals surface area contributed by atoms with Crippen molar-refractivity contribution >= 4 is 17.5 Å². The Kier molecular flexibility index (Phi) is 7.98. The van der Waals surface area contributed by atoms with Crippen LogP contribution in [0.25, 0.3) is 0 Å². The van der Waals surface area contributed by atoms with Gasteiger partial charge in [-0.05, 0) is 31.5 Å². The molecule has 0 aromatic carbocycles. The molecule has 1 rings (SSSR count). The van der Waals surface area contributed by atoms with E-state index in [0.717, 1.165) is 25.7 Å². The number of unbranched alkanes of at least 4 members (excludes halogenated alkanes) is 3. The van der Waals surface area contributed by atoms with E-state index in [1.54, 1.807) is 24.5 Å². The van der Waals surface area contributed by atoms with Crippen molar-refractivity contribution in [1.82, 2.24) is 10.3 Å². The van der Waals surface area contributed by atoms with Gasteiger partial charge in [0.25, 0.3) is 0 Å². The van der Waals surface area contributed by atoms with Crippen molar-refractivity contribution in [2.24, 2.45) is 5.73 Å². The van der Waals surface area contributed by atoms with Crippen molar-refractivity contribution < 1.29 is 9.59 Å². The number of anilines is 1. The second-order valence-corrected chi connectivity index (χ2v) is 4.52. The van der Waals surface area contributed by atoms with Crippen LogP contribution in [0.4, 0.5) is 5.69 Å². The van der Waals surface area contributed by atoms with Crippen molar-refractivity contribution in [3.05, 3.63) is 24.5 Å². The molecule has 2 amide bonds. The minimum Gasteiger partial charge on any atom is -0.347 e. The van der Waals surface area contributed by atoms with Gasteiger partial charge in [0.05, 0.1) is 18.4 Å². The van der Waals surface area contributed by atoms with Gasteiger partial charge in [0.1, 0.15) is 0 Å². The first-order valence-electron chi connectivity index (χ1n) is 6.89. The SMILES string of the molecule is NCCCCCCC(=O)NCC(=O)Nc1cccnc1. The van der Waals surface area contributed by atoms with E-state index in [1.165, 1.54) is 0 Å². The Morgan fingerprint density at radius 2 is 1.95 bits per heavy atom. The van der Waals surface area contributed by atoms with Gasteiger partial charge < -0.3 is 16.4 Å². The molecule has 0 saturated heterocycles. The monoisotopic (exact) mass is 278 g/mol. The molecule has 6 nitrogen and oxygen atoms in total. The average molecular weight is 278 g/mol. The molecule has 0 saturated carbocycles. The van der Waals surface area contributed by atoms with Gasteiger partial charge in [-0.3, -0.25) is 14.6 Å². The summed E-state index contributed by atoms with van der Waals surface area (Å²) in [5.74, 6) is -0.353. The zero-order valence-corrected chi connectivity index (χ0v) is 11.6. The molecule has 1 aromatic rings. The quantitative estimate of drug-likeness (QED) is 0.588. The second-order valence-electron chi connectivity index (χ2n) is 4.52. The third-order valence-electron chi connectivity index (χ3n) is 2.75. The van der Waals surface area contributed by atoms with Crippen LogP contribution in [0.5, 0.6) is 0 Å². The molecule has 0 spiro atoms. The molecular formula is C14H22N4O2. The van der Waals surface area contributed by atoms with Crippen LogP contribution in [0.3, 0.4) is 0 Å². The number of nitrogens with zero attached hydrogens (tertiary/aromatic N) is 1. The zero-order chi connectivity index (χ0) is 14.6. The summed E-state index contributed by atoms with van der Waals surface area (Å²) in [6.45, 7) is 0.678. The third kappa shape index (κ3) is 7.48. The number of rotatable bonds is 9. The van der Waals surface area contributed by atoms with Gasteiger partial charge >= 0.3 is 0 Å². The number of pyridine rings is 1. The minimum atomic E-state index is -0.255.